The van der Waals surface area contributed by atoms with Crippen molar-refractivity contribution in [2.75, 3.05) is 6.54 Å². The Hall–Kier alpha value is -2.90. The molecule has 8 heteroatoms. The van der Waals surface area contributed by atoms with Crippen molar-refractivity contribution in [1.29, 1.82) is 0 Å². The Kier molecular flexibility index (Phi) is 5.02. The van der Waals surface area contributed by atoms with E-state index in [9.17, 15) is 19.2 Å². The summed E-state index contributed by atoms with van der Waals surface area (Å²) in [6.45, 7) is 0.540. The standard InChI is InChI=1S/C21H26N4O4/c22-18(27)16-12-14-6-1-2-7-15(14)13-25(16)17(26)8-5-11-24-19(28)21(23-20(24)29)9-3-4-10-21/h1-2,6-7,16H,3-5,8-13H2,(H2,22,27)(H,23,29)/t16-/m1/s1. The Morgan fingerprint density at radius 3 is 2.52 bits per heavy atom. The van der Waals surface area contributed by atoms with Crippen molar-refractivity contribution in [2.45, 2.75) is 63.1 Å². The molecule has 1 aliphatic carbocycles. The van der Waals surface area contributed by atoms with E-state index >= 15 is 0 Å². The highest BCUT2D eigenvalue weighted by Gasteiger charge is 2.52. The number of carbonyl (C=O) groups is 4. The van der Waals surface area contributed by atoms with Gasteiger partial charge < -0.3 is 16.0 Å². The molecule has 2 heterocycles. The molecular weight excluding hydrogens is 372 g/mol. The first-order valence-corrected chi connectivity index (χ1v) is 10.2. The average molecular weight is 398 g/mol. The highest BCUT2D eigenvalue weighted by molar-refractivity contribution is 6.07. The predicted molar refractivity (Wildman–Crippen MR) is 104 cm³/mol. The summed E-state index contributed by atoms with van der Waals surface area (Å²) < 4.78 is 0. The van der Waals surface area contributed by atoms with E-state index in [0.29, 0.717) is 32.2 Å². The van der Waals surface area contributed by atoms with Crippen LogP contribution in [0, 0.1) is 0 Å². The van der Waals surface area contributed by atoms with Gasteiger partial charge in [-0.2, -0.15) is 0 Å². The zero-order chi connectivity index (χ0) is 20.6. The second-order valence-corrected chi connectivity index (χ2v) is 8.19. The van der Waals surface area contributed by atoms with Crippen LogP contribution in [0.2, 0.25) is 0 Å². The van der Waals surface area contributed by atoms with Gasteiger partial charge in [0.15, 0.2) is 0 Å². The van der Waals surface area contributed by atoms with E-state index in [1.54, 1.807) is 0 Å². The van der Waals surface area contributed by atoms with Gasteiger partial charge in [0, 0.05) is 25.9 Å². The first-order chi connectivity index (χ1) is 13.9. The van der Waals surface area contributed by atoms with Crippen molar-refractivity contribution < 1.29 is 19.2 Å². The predicted octanol–water partition coefficient (Wildman–Crippen LogP) is 1.07. The molecule has 1 atom stereocenters. The second-order valence-electron chi connectivity index (χ2n) is 8.19. The lowest BCUT2D eigenvalue weighted by Crippen LogP contribution is -2.51. The summed E-state index contributed by atoms with van der Waals surface area (Å²) in [4.78, 5) is 52.4. The normalized spacial score (nSPS) is 22.7. The smallest absolute Gasteiger partial charge is 0.325 e. The summed E-state index contributed by atoms with van der Waals surface area (Å²) in [6.07, 6.45) is 4.15. The number of primary amides is 1. The molecule has 1 aromatic carbocycles. The second kappa shape index (κ2) is 7.50. The average Bonchev–Trinajstić information content (AvgIpc) is 3.27. The van der Waals surface area contributed by atoms with E-state index in [0.717, 1.165) is 24.0 Å². The number of amides is 5. The van der Waals surface area contributed by atoms with Crippen LogP contribution in [0.1, 0.15) is 49.7 Å². The number of hydrogen-bond acceptors (Lipinski definition) is 4. The number of urea groups is 1. The van der Waals surface area contributed by atoms with E-state index < -0.39 is 17.5 Å². The van der Waals surface area contributed by atoms with E-state index in [-0.39, 0.29) is 30.8 Å². The maximum Gasteiger partial charge on any atom is 0.325 e. The fourth-order valence-electron chi connectivity index (χ4n) is 4.77. The Morgan fingerprint density at radius 2 is 1.83 bits per heavy atom. The molecule has 4 rings (SSSR count). The third-order valence-electron chi connectivity index (χ3n) is 6.37. The molecule has 1 aromatic rings. The van der Waals surface area contributed by atoms with Crippen molar-refractivity contribution in [1.82, 2.24) is 15.1 Å². The molecular formula is C21H26N4O4. The molecule has 3 N–H and O–H groups in total. The Labute approximate surface area is 169 Å². The molecule has 0 radical (unpaired) electrons. The number of imide groups is 1. The van der Waals surface area contributed by atoms with Crippen LogP contribution >= 0.6 is 0 Å². The molecule has 0 aromatic heterocycles. The first kappa shape index (κ1) is 19.4. The molecule has 154 valence electrons. The van der Waals surface area contributed by atoms with Gasteiger partial charge in [0.25, 0.3) is 5.91 Å². The minimum Gasteiger partial charge on any atom is -0.368 e. The molecule has 0 unspecified atom stereocenters. The summed E-state index contributed by atoms with van der Waals surface area (Å²) in [7, 11) is 0. The summed E-state index contributed by atoms with van der Waals surface area (Å²) >= 11 is 0. The van der Waals surface area contributed by atoms with E-state index in [2.05, 4.69) is 5.32 Å². The Balaban J connectivity index is 1.37. The van der Waals surface area contributed by atoms with Gasteiger partial charge in [-0.25, -0.2) is 4.79 Å². The summed E-state index contributed by atoms with van der Waals surface area (Å²) in [5.74, 6) is -0.884. The molecule has 3 aliphatic rings. The number of nitrogens with two attached hydrogens (primary N) is 1. The lowest BCUT2D eigenvalue weighted by Gasteiger charge is -2.35. The van der Waals surface area contributed by atoms with Crippen molar-refractivity contribution >= 4 is 23.8 Å². The molecule has 2 aliphatic heterocycles. The zero-order valence-electron chi connectivity index (χ0n) is 16.4. The minimum atomic E-state index is -0.727. The lowest BCUT2D eigenvalue weighted by atomic mass is 9.93. The molecule has 2 fully saturated rings. The van der Waals surface area contributed by atoms with Crippen LogP contribution in [0.5, 0.6) is 0 Å². The van der Waals surface area contributed by atoms with E-state index in [1.165, 1.54) is 9.80 Å². The van der Waals surface area contributed by atoms with E-state index in [4.69, 9.17) is 5.73 Å². The number of benzene rings is 1. The van der Waals surface area contributed by atoms with Crippen LogP contribution < -0.4 is 11.1 Å². The largest absolute Gasteiger partial charge is 0.368 e. The molecule has 5 amide bonds. The summed E-state index contributed by atoms with van der Waals surface area (Å²) in [5.41, 5.74) is 6.86. The highest BCUT2D eigenvalue weighted by atomic mass is 16.2. The first-order valence-electron chi connectivity index (χ1n) is 10.2. The third kappa shape index (κ3) is 3.47. The Morgan fingerprint density at radius 1 is 1.14 bits per heavy atom. The van der Waals surface area contributed by atoms with Gasteiger partial charge in [0.1, 0.15) is 11.6 Å². The van der Waals surface area contributed by atoms with Crippen LogP contribution in [0.25, 0.3) is 0 Å². The van der Waals surface area contributed by atoms with Gasteiger partial charge in [-0.1, -0.05) is 37.1 Å². The van der Waals surface area contributed by atoms with Crippen LogP contribution in [-0.4, -0.2) is 51.7 Å². The lowest BCUT2D eigenvalue weighted by molar-refractivity contribution is -0.141. The molecule has 1 saturated carbocycles. The Bertz CT molecular complexity index is 862. The number of hydrogen-bond donors (Lipinski definition) is 2. The van der Waals surface area contributed by atoms with Crippen LogP contribution in [-0.2, 0) is 27.3 Å². The van der Waals surface area contributed by atoms with E-state index in [1.807, 2.05) is 24.3 Å². The van der Waals surface area contributed by atoms with Crippen molar-refractivity contribution in [3.05, 3.63) is 35.4 Å². The molecule has 1 saturated heterocycles. The SMILES string of the molecule is NC(=O)[C@H]1Cc2ccccc2CN1C(=O)CCCN1C(=O)NC2(CCCC2)C1=O. The molecule has 1 spiro atoms. The zero-order valence-corrected chi connectivity index (χ0v) is 16.4. The number of nitrogens with zero attached hydrogens (tertiary/aromatic N) is 2. The van der Waals surface area contributed by atoms with Gasteiger partial charge in [-0.15, -0.1) is 0 Å². The van der Waals surface area contributed by atoms with Gasteiger partial charge >= 0.3 is 6.03 Å². The number of nitrogens with one attached hydrogen (secondary N) is 1. The molecule has 8 nitrogen and oxygen atoms in total. The monoisotopic (exact) mass is 398 g/mol. The number of fused-ring (bicyclic) bond motifs is 1. The fourth-order valence-corrected chi connectivity index (χ4v) is 4.77. The van der Waals surface area contributed by atoms with Gasteiger partial charge in [0.05, 0.1) is 0 Å². The van der Waals surface area contributed by atoms with Crippen LogP contribution in [0.4, 0.5) is 4.79 Å². The van der Waals surface area contributed by atoms with Crippen LogP contribution in [0.3, 0.4) is 0 Å². The van der Waals surface area contributed by atoms with Crippen molar-refractivity contribution in [2.24, 2.45) is 5.73 Å². The van der Waals surface area contributed by atoms with Gasteiger partial charge in [-0.3, -0.25) is 19.3 Å². The molecule has 29 heavy (non-hydrogen) atoms. The topological polar surface area (TPSA) is 113 Å². The summed E-state index contributed by atoms with van der Waals surface area (Å²) in [5, 5.41) is 2.84. The quantitative estimate of drug-likeness (QED) is 0.722. The third-order valence-corrected chi connectivity index (χ3v) is 6.37. The number of rotatable bonds is 5. The fraction of sp³-hybridized carbons (Fsp3) is 0.524. The maximum absolute atomic E-state index is 12.8. The maximum atomic E-state index is 12.8. The molecule has 0 bridgehead atoms. The van der Waals surface area contributed by atoms with Crippen molar-refractivity contribution in [3.63, 3.8) is 0 Å². The highest BCUT2D eigenvalue weighted by Crippen LogP contribution is 2.35. The number of carbonyl (C=O) groups excluding carboxylic acids is 4. The summed E-state index contributed by atoms with van der Waals surface area (Å²) in [6, 6.07) is 6.67. The van der Waals surface area contributed by atoms with Gasteiger partial charge in [0.2, 0.25) is 11.8 Å². The van der Waals surface area contributed by atoms with Crippen LogP contribution in [0.15, 0.2) is 24.3 Å². The minimum absolute atomic E-state index is 0.149. The van der Waals surface area contributed by atoms with Crippen molar-refractivity contribution in [3.8, 4) is 0 Å². The van der Waals surface area contributed by atoms with Gasteiger partial charge in [-0.05, 0) is 30.4 Å².